The van der Waals surface area contributed by atoms with Gasteiger partial charge in [-0.3, -0.25) is 14.6 Å². The van der Waals surface area contributed by atoms with Crippen molar-refractivity contribution in [3.05, 3.63) is 35.9 Å². The highest BCUT2D eigenvalue weighted by atomic mass is 16.2. The van der Waals surface area contributed by atoms with Crippen LogP contribution in [-0.4, -0.2) is 54.0 Å². The summed E-state index contributed by atoms with van der Waals surface area (Å²) in [6.07, 6.45) is 7.83. The van der Waals surface area contributed by atoms with Crippen LogP contribution in [0.1, 0.15) is 85.1 Å². The predicted molar refractivity (Wildman–Crippen MR) is 128 cm³/mol. The third-order valence-corrected chi connectivity index (χ3v) is 6.65. The standard InChI is InChI=1S/C26H45N3O/c1-6-7-12-18-27-25(30)26(24-15-10-8-11-16-24,28-19-13-9-14-20-28)17-21-29(22(2)3)23(4)5/h8,10-11,15-16,22-23H,6-7,9,12-14,17-21H2,1-5H3,(H,27,30). The molecule has 0 aromatic heterocycles. The van der Waals surface area contributed by atoms with E-state index in [1.807, 2.05) is 0 Å². The van der Waals surface area contributed by atoms with Gasteiger partial charge in [0.15, 0.2) is 0 Å². The van der Waals surface area contributed by atoms with Crippen LogP contribution < -0.4 is 5.32 Å². The molecule has 1 aromatic carbocycles. The van der Waals surface area contributed by atoms with Gasteiger partial charge >= 0.3 is 0 Å². The summed E-state index contributed by atoms with van der Waals surface area (Å²) < 4.78 is 0. The van der Waals surface area contributed by atoms with Crippen molar-refractivity contribution in [2.75, 3.05) is 26.2 Å². The van der Waals surface area contributed by atoms with Crippen LogP contribution in [0.5, 0.6) is 0 Å². The van der Waals surface area contributed by atoms with E-state index in [1.54, 1.807) is 0 Å². The molecule has 1 saturated heterocycles. The van der Waals surface area contributed by atoms with E-state index in [0.29, 0.717) is 12.1 Å². The minimum absolute atomic E-state index is 0.194. The first-order valence-corrected chi connectivity index (χ1v) is 12.3. The normalized spacial score (nSPS) is 17.5. The largest absolute Gasteiger partial charge is 0.354 e. The third-order valence-electron chi connectivity index (χ3n) is 6.65. The number of hydrogen-bond acceptors (Lipinski definition) is 3. The zero-order chi connectivity index (χ0) is 22.0. The molecule has 0 aliphatic carbocycles. The highest BCUT2D eigenvalue weighted by Gasteiger charge is 2.45. The van der Waals surface area contributed by atoms with Crippen molar-refractivity contribution in [2.24, 2.45) is 0 Å². The van der Waals surface area contributed by atoms with Crippen molar-refractivity contribution in [3.63, 3.8) is 0 Å². The van der Waals surface area contributed by atoms with Crippen molar-refractivity contribution >= 4 is 5.91 Å². The molecular weight excluding hydrogens is 370 g/mol. The van der Waals surface area contributed by atoms with E-state index in [4.69, 9.17) is 0 Å². The summed E-state index contributed by atoms with van der Waals surface area (Å²) >= 11 is 0. The van der Waals surface area contributed by atoms with E-state index in [-0.39, 0.29) is 5.91 Å². The van der Waals surface area contributed by atoms with E-state index in [0.717, 1.165) is 51.0 Å². The number of carbonyl (C=O) groups is 1. The number of carbonyl (C=O) groups excluding carboxylic acids is 1. The minimum atomic E-state index is -0.587. The molecule has 30 heavy (non-hydrogen) atoms. The Morgan fingerprint density at radius 2 is 1.67 bits per heavy atom. The Labute approximate surface area is 185 Å². The molecule has 1 fully saturated rings. The van der Waals surface area contributed by atoms with Crippen LogP contribution in [0.2, 0.25) is 0 Å². The summed E-state index contributed by atoms with van der Waals surface area (Å²) in [5, 5.41) is 3.34. The Kier molecular flexibility index (Phi) is 10.3. The van der Waals surface area contributed by atoms with Gasteiger partial charge in [-0.25, -0.2) is 0 Å². The molecule has 0 bridgehead atoms. The smallest absolute Gasteiger partial charge is 0.245 e. The van der Waals surface area contributed by atoms with Crippen molar-refractivity contribution in [1.82, 2.24) is 15.1 Å². The lowest BCUT2D eigenvalue weighted by Crippen LogP contribution is -2.59. The summed E-state index contributed by atoms with van der Waals surface area (Å²) in [5.74, 6) is 0.194. The van der Waals surface area contributed by atoms with Gasteiger partial charge < -0.3 is 5.32 Å². The molecule has 4 nitrogen and oxygen atoms in total. The highest BCUT2D eigenvalue weighted by molar-refractivity contribution is 5.87. The average Bonchev–Trinajstić information content (AvgIpc) is 2.75. The first-order valence-electron chi connectivity index (χ1n) is 12.3. The van der Waals surface area contributed by atoms with Gasteiger partial charge in [0.1, 0.15) is 5.54 Å². The fourth-order valence-corrected chi connectivity index (χ4v) is 4.99. The average molecular weight is 416 g/mol. The Hall–Kier alpha value is -1.39. The SMILES string of the molecule is CCCCCNC(=O)C(CCN(C(C)C)C(C)C)(c1ccccc1)N1CCCCC1. The third kappa shape index (κ3) is 6.31. The van der Waals surface area contributed by atoms with E-state index in [9.17, 15) is 4.79 Å². The van der Waals surface area contributed by atoms with Crippen molar-refractivity contribution < 1.29 is 4.79 Å². The van der Waals surface area contributed by atoms with Crippen LogP contribution in [0.3, 0.4) is 0 Å². The van der Waals surface area contributed by atoms with Gasteiger partial charge in [0.2, 0.25) is 5.91 Å². The van der Waals surface area contributed by atoms with Crippen LogP contribution in [0, 0.1) is 0 Å². The highest BCUT2D eigenvalue weighted by Crippen LogP contribution is 2.36. The number of nitrogens with one attached hydrogen (secondary N) is 1. The Balaban J connectivity index is 2.38. The topological polar surface area (TPSA) is 35.6 Å². The summed E-state index contributed by atoms with van der Waals surface area (Å²) in [6, 6.07) is 11.5. The van der Waals surface area contributed by atoms with Gasteiger partial charge in [0.25, 0.3) is 0 Å². The summed E-state index contributed by atoms with van der Waals surface area (Å²) in [7, 11) is 0. The Bertz CT molecular complexity index is 602. The number of benzene rings is 1. The molecule has 1 aliphatic rings. The van der Waals surface area contributed by atoms with Gasteiger partial charge in [0, 0.05) is 25.2 Å². The van der Waals surface area contributed by atoms with Crippen molar-refractivity contribution in [1.29, 1.82) is 0 Å². The second-order valence-corrected chi connectivity index (χ2v) is 9.41. The first-order chi connectivity index (χ1) is 14.4. The van der Waals surface area contributed by atoms with Gasteiger partial charge in [-0.1, -0.05) is 56.5 Å². The maximum absolute atomic E-state index is 13.9. The number of piperidine rings is 1. The lowest BCUT2D eigenvalue weighted by atomic mass is 9.81. The number of rotatable bonds is 12. The minimum Gasteiger partial charge on any atom is -0.354 e. The number of likely N-dealkylation sites (tertiary alicyclic amines) is 1. The first kappa shape index (κ1) is 24.9. The summed E-state index contributed by atoms with van der Waals surface area (Å²) in [5.41, 5.74) is 0.558. The fourth-order valence-electron chi connectivity index (χ4n) is 4.99. The monoisotopic (exact) mass is 415 g/mol. The van der Waals surface area contributed by atoms with E-state index in [1.165, 1.54) is 25.7 Å². The van der Waals surface area contributed by atoms with Crippen molar-refractivity contribution in [3.8, 4) is 0 Å². The van der Waals surface area contributed by atoms with Gasteiger partial charge in [-0.05, 0) is 72.0 Å². The summed E-state index contributed by atoms with van der Waals surface area (Å²) in [4.78, 5) is 18.9. The van der Waals surface area contributed by atoms with E-state index >= 15 is 0 Å². The van der Waals surface area contributed by atoms with E-state index in [2.05, 4.69) is 80.1 Å². The molecule has 4 heteroatoms. The molecule has 1 aromatic rings. The van der Waals surface area contributed by atoms with Gasteiger partial charge in [-0.15, -0.1) is 0 Å². The predicted octanol–water partition coefficient (Wildman–Crippen LogP) is 5.18. The molecule has 1 N–H and O–H groups in total. The number of hydrogen-bond donors (Lipinski definition) is 1. The molecule has 1 amide bonds. The van der Waals surface area contributed by atoms with Crippen LogP contribution in [0.25, 0.3) is 0 Å². The van der Waals surface area contributed by atoms with Crippen LogP contribution in [0.4, 0.5) is 0 Å². The Morgan fingerprint density at radius 3 is 2.23 bits per heavy atom. The molecule has 2 rings (SSSR count). The van der Waals surface area contributed by atoms with Crippen LogP contribution in [0.15, 0.2) is 30.3 Å². The maximum Gasteiger partial charge on any atom is 0.245 e. The van der Waals surface area contributed by atoms with Crippen molar-refractivity contribution in [2.45, 2.75) is 97.2 Å². The lowest BCUT2D eigenvalue weighted by molar-refractivity contribution is -0.136. The molecule has 1 atom stereocenters. The van der Waals surface area contributed by atoms with Gasteiger partial charge in [-0.2, -0.15) is 0 Å². The molecule has 1 aliphatic heterocycles. The zero-order valence-corrected chi connectivity index (χ0v) is 20.1. The molecule has 1 unspecified atom stereocenters. The lowest BCUT2D eigenvalue weighted by Gasteiger charge is -2.46. The second-order valence-electron chi connectivity index (χ2n) is 9.41. The molecule has 0 radical (unpaired) electrons. The van der Waals surface area contributed by atoms with Crippen LogP contribution >= 0.6 is 0 Å². The molecule has 0 saturated carbocycles. The van der Waals surface area contributed by atoms with Gasteiger partial charge in [0.05, 0.1) is 0 Å². The fraction of sp³-hybridized carbons (Fsp3) is 0.731. The maximum atomic E-state index is 13.9. The second kappa shape index (κ2) is 12.5. The number of nitrogens with zero attached hydrogens (tertiary/aromatic N) is 2. The molecule has 1 heterocycles. The zero-order valence-electron chi connectivity index (χ0n) is 20.1. The summed E-state index contributed by atoms with van der Waals surface area (Å²) in [6.45, 7) is 14.9. The van der Waals surface area contributed by atoms with E-state index < -0.39 is 5.54 Å². The number of unbranched alkanes of at least 4 members (excludes halogenated alkanes) is 2. The molecule has 170 valence electrons. The molecule has 0 spiro atoms. The Morgan fingerprint density at radius 1 is 1.03 bits per heavy atom. The number of amides is 1. The van der Waals surface area contributed by atoms with Crippen LogP contribution in [-0.2, 0) is 10.3 Å². The quantitative estimate of drug-likeness (QED) is 0.478. The molecular formula is C26H45N3O.